The van der Waals surface area contributed by atoms with Gasteiger partial charge in [0.25, 0.3) is 5.91 Å². The van der Waals surface area contributed by atoms with Crippen molar-refractivity contribution in [2.45, 2.75) is 40.2 Å². The number of anilines is 2. The molecule has 6 nitrogen and oxygen atoms in total. The molecule has 0 aliphatic rings. The van der Waals surface area contributed by atoms with Gasteiger partial charge in [0.2, 0.25) is 0 Å². The maximum atomic E-state index is 12.7. The smallest absolute Gasteiger partial charge is 0.412 e. The average molecular weight is 391 g/mol. The third-order valence-corrected chi connectivity index (χ3v) is 4.20. The van der Waals surface area contributed by atoms with Crippen molar-refractivity contribution in [3.05, 3.63) is 65.4 Å². The van der Waals surface area contributed by atoms with E-state index in [-0.39, 0.29) is 5.91 Å². The summed E-state index contributed by atoms with van der Waals surface area (Å²) in [5.74, 6) is -0.231. The van der Waals surface area contributed by atoms with E-state index in [4.69, 9.17) is 4.74 Å². The second kappa shape index (κ2) is 7.91. The van der Waals surface area contributed by atoms with Crippen LogP contribution in [0.4, 0.5) is 16.2 Å². The van der Waals surface area contributed by atoms with Crippen LogP contribution in [-0.2, 0) is 4.74 Å². The van der Waals surface area contributed by atoms with E-state index >= 15 is 0 Å². The van der Waals surface area contributed by atoms with Gasteiger partial charge in [0.1, 0.15) is 5.60 Å². The largest absolute Gasteiger partial charge is 0.444 e. The van der Waals surface area contributed by atoms with E-state index in [9.17, 15) is 9.59 Å². The molecular formula is C23H25N3O3. The summed E-state index contributed by atoms with van der Waals surface area (Å²) in [6.45, 7) is 9.24. The van der Waals surface area contributed by atoms with Crippen LogP contribution in [-0.4, -0.2) is 22.6 Å². The van der Waals surface area contributed by atoms with Crippen LogP contribution in [0.5, 0.6) is 0 Å². The summed E-state index contributed by atoms with van der Waals surface area (Å²) in [6, 6.07) is 14.7. The minimum Gasteiger partial charge on any atom is -0.444 e. The highest BCUT2D eigenvalue weighted by Crippen LogP contribution is 2.20. The number of nitrogens with zero attached hydrogens (tertiary/aromatic N) is 1. The number of nitrogens with one attached hydrogen (secondary N) is 2. The highest BCUT2D eigenvalue weighted by atomic mass is 16.6. The maximum Gasteiger partial charge on any atom is 0.412 e. The number of benzene rings is 2. The first-order valence-corrected chi connectivity index (χ1v) is 9.40. The van der Waals surface area contributed by atoms with Crippen molar-refractivity contribution in [3.8, 4) is 0 Å². The van der Waals surface area contributed by atoms with Crippen molar-refractivity contribution in [3.63, 3.8) is 0 Å². The number of fused-ring (bicyclic) bond motifs is 1. The van der Waals surface area contributed by atoms with Crippen LogP contribution in [0.3, 0.4) is 0 Å². The number of aryl methyl sites for hydroxylation is 2. The topological polar surface area (TPSA) is 80.3 Å². The predicted molar refractivity (Wildman–Crippen MR) is 115 cm³/mol. The van der Waals surface area contributed by atoms with Gasteiger partial charge in [0, 0.05) is 16.8 Å². The van der Waals surface area contributed by atoms with Gasteiger partial charge in [-0.1, -0.05) is 12.1 Å². The highest BCUT2D eigenvalue weighted by Gasteiger charge is 2.16. The number of rotatable bonds is 3. The molecule has 2 amide bonds. The molecule has 6 heteroatoms. The van der Waals surface area contributed by atoms with Gasteiger partial charge < -0.3 is 10.1 Å². The van der Waals surface area contributed by atoms with Crippen molar-refractivity contribution in [1.82, 2.24) is 4.98 Å². The molecule has 2 N–H and O–H groups in total. The SMILES string of the molecule is Cc1ccc2cc(C(=O)Nc3ccc(NC(=O)OC(C)(C)C)cc3)c(C)nc2c1. The van der Waals surface area contributed by atoms with Crippen LogP contribution in [0.15, 0.2) is 48.5 Å². The fourth-order valence-electron chi connectivity index (χ4n) is 2.86. The average Bonchev–Trinajstić information content (AvgIpc) is 2.61. The molecule has 0 fully saturated rings. The molecule has 0 radical (unpaired) electrons. The molecule has 0 spiro atoms. The van der Waals surface area contributed by atoms with Gasteiger partial charge in [-0.25, -0.2) is 4.79 Å². The molecule has 150 valence electrons. The molecule has 29 heavy (non-hydrogen) atoms. The molecule has 0 aliphatic carbocycles. The third-order valence-electron chi connectivity index (χ3n) is 4.20. The molecule has 0 aliphatic heterocycles. The van der Waals surface area contributed by atoms with Crippen LogP contribution in [0.1, 0.15) is 42.4 Å². The Bertz CT molecular complexity index is 1070. The molecule has 0 saturated heterocycles. The van der Waals surface area contributed by atoms with Gasteiger partial charge in [0.15, 0.2) is 0 Å². The number of pyridine rings is 1. The molecular weight excluding hydrogens is 366 g/mol. The molecule has 1 aromatic heterocycles. The first kappa shape index (κ1) is 20.3. The van der Waals surface area contributed by atoms with E-state index in [1.807, 2.05) is 38.1 Å². The standard InChI is InChI=1S/C23H25N3O3/c1-14-6-7-16-13-19(15(2)24-20(16)12-14)21(27)25-17-8-10-18(11-9-17)26-22(28)29-23(3,4)5/h6-13H,1-5H3,(H,25,27)(H,26,28). The van der Waals surface area contributed by atoms with Crippen molar-refractivity contribution < 1.29 is 14.3 Å². The summed E-state index contributed by atoms with van der Waals surface area (Å²) >= 11 is 0. The summed E-state index contributed by atoms with van der Waals surface area (Å²) in [5.41, 5.74) is 3.83. The summed E-state index contributed by atoms with van der Waals surface area (Å²) in [5, 5.41) is 6.45. The Morgan fingerprint density at radius 3 is 2.14 bits per heavy atom. The molecule has 0 atom stereocenters. The van der Waals surface area contributed by atoms with Gasteiger partial charge in [-0.3, -0.25) is 15.1 Å². The lowest BCUT2D eigenvalue weighted by atomic mass is 10.1. The normalized spacial score (nSPS) is 11.2. The zero-order chi connectivity index (χ0) is 21.2. The van der Waals surface area contributed by atoms with E-state index in [2.05, 4.69) is 15.6 Å². The molecule has 0 unspecified atom stereocenters. The Hall–Kier alpha value is -3.41. The number of hydrogen-bond donors (Lipinski definition) is 2. The Labute approximate surface area is 170 Å². The lowest BCUT2D eigenvalue weighted by Crippen LogP contribution is -2.27. The van der Waals surface area contributed by atoms with Crippen molar-refractivity contribution >= 4 is 34.3 Å². The minimum atomic E-state index is -0.567. The van der Waals surface area contributed by atoms with Crippen LogP contribution in [0.2, 0.25) is 0 Å². The van der Waals surface area contributed by atoms with Gasteiger partial charge in [-0.2, -0.15) is 0 Å². The van der Waals surface area contributed by atoms with Crippen LogP contribution < -0.4 is 10.6 Å². The molecule has 3 aromatic rings. The summed E-state index contributed by atoms with van der Waals surface area (Å²) in [4.78, 5) is 29.1. The summed E-state index contributed by atoms with van der Waals surface area (Å²) in [7, 11) is 0. The van der Waals surface area contributed by atoms with Crippen LogP contribution in [0, 0.1) is 13.8 Å². The van der Waals surface area contributed by atoms with Gasteiger partial charge >= 0.3 is 6.09 Å². The van der Waals surface area contributed by atoms with E-state index in [0.29, 0.717) is 22.6 Å². The number of carbonyl (C=O) groups excluding carboxylic acids is 2. The van der Waals surface area contributed by atoms with Gasteiger partial charge in [-0.15, -0.1) is 0 Å². The van der Waals surface area contributed by atoms with Crippen molar-refractivity contribution in [2.24, 2.45) is 0 Å². The Balaban J connectivity index is 1.71. The predicted octanol–water partition coefficient (Wildman–Crippen LogP) is 5.45. The Morgan fingerprint density at radius 2 is 1.52 bits per heavy atom. The molecule has 0 saturated carbocycles. The zero-order valence-electron chi connectivity index (χ0n) is 17.3. The third kappa shape index (κ3) is 5.31. The highest BCUT2D eigenvalue weighted by molar-refractivity contribution is 6.07. The Kier molecular flexibility index (Phi) is 5.55. The quantitative estimate of drug-likeness (QED) is 0.622. The van der Waals surface area contributed by atoms with Gasteiger partial charge in [0.05, 0.1) is 16.8 Å². The monoisotopic (exact) mass is 391 g/mol. The number of carbonyl (C=O) groups is 2. The zero-order valence-corrected chi connectivity index (χ0v) is 17.3. The summed E-state index contributed by atoms with van der Waals surface area (Å²) in [6.07, 6.45) is -0.526. The van der Waals surface area contributed by atoms with Crippen molar-refractivity contribution in [1.29, 1.82) is 0 Å². The first-order chi connectivity index (χ1) is 13.6. The van der Waals surface area contributed by atoms with E-state index in [1.54, 1.807) is 45.0 Å². The van der Waals surface area contributed by atoms with E-state index in [1.165, 1.54) is 0 Å². The lowest BCUT2D eigenvalue weighted by molar-refractivity contribution is 0.0635. The minimum absolute atomic E-state index is 0.231. The second-order valence-electron chi connectivity index (χ2n) is 7.98. The van der Waals surface area contributed by atoms with E-state index in [0.717, 1.165) is 16.5 Å². The lowest BCUT2D eigenvalue weighted by Gasteiger charge is -2.19. The molecule has 1 heterocycles. The van der Waals surface area contributed by atoms with Gasteiger partial charge in [-0.05, 0) is 76.6 Å². The molecule has 2 aromatic carbocycles. The van der Waals surface area contributed by atoms with E-state index < -0.39 is 11.7 Å². The van der Waals surface area contributed by atoms with Crippen molar-refractivity contribution in [2.75, 3.05) is 10.6 Å². The maximum absolute atomic E-state index is 12.7. The van der Waals surface area contributed by atoms with Crippen LogP contribution in [0.25, 0.3) is 10.9 Å². The number of hydrogen-bond acceptors (Lipinski definition) is 4. The summed E-state index contributed by atoms with van der Waals surface area (Å²) < 4.78 is 5.22. The fourth-order valence-corrected chi connectivity index (χ4v) is 2.86. The first-order valence-electron chi connectivity index (χ1n) is 9.40. The second-order valence-corrected chi connectivity index (χ2v) is 7.98. The number of ether oxygens (including phenoxy) is 1. The number of amides is 2. The number of aromatic nitrogens is 1. The molecule has 3 rings (SSSR count). The molecule has 0 bridgehead atoms. The fraction of sp³-hybridized carbons (Fsp3) is 0.261. The van der Waals surface area contributed by atoms with Crippen LogP contribution >= 0.6 is 0 Å². The Morgan fingerprint density at radius 1 is 0.897 bits per heavy atom.